The minimum Gasteiger partial charge on any atom is -0.159 e. The molecule has 0 aliphatic carbocycles. The molecular weight excluding hydrogens is 164 g/mol. The zero-order valence-electron chi connectivity index (χ0n) is 9.26. The van der Waals surface area contributed by atoms with Crippen LogP contribution >= 0.6 is 11.8 Å². The van der Waals surface area contributed by atoms with Crippen LogP contribution in [0, 0.1) is 11.8 Å². The van der Waals surface area contributed by atoms with Gasteiger partial charge in [0.2, 0.25) is 0 Å². The van der Waals surface area contributed by atoms with Gasteiger partial charge in [0.15, 0.2) is 0 Å². The predicted molar refractivity (Wildman–Crippen MR) is 60.8 cm³/mol. The van der Waals surface area contributed by atoms with Crippen molar-refractivity contribution in [2.45, 2.75) is 52.7 Å². The Hall–Kier alpha value is 0.350. The molecule has 1 atom stereocenters. The first-order chi connectivity index (χ1) is 5.52. The van der Waals surface area contributed by atoms with Gasteiger partial charge in [-0.25, -0.2) is 0 Å². The zero-order chi connectivity index (χ0) is 9.56. The lowest BCUT2D eigenvalue weighted by molar-refractivity contribution is 0.480. The molecule has 0 nitrogen and oxygen atoms in total. The molecule has 0 aromatic heterocycles. The highest BCUT2D eigenvalue weighted by molar-refractivity contribution is 7.99. The van der Waals surface area contributed by atoms with Crippen LogP contribution in [0.3, 0.4) is 0 Å². The van der Waals surface area contributed by atoms with E-state index in [0.29, 0.717) is 0 Å². The largest absolute Gasteiger partial charge is 0.159 e. The van der Waals surface area contributed by atoms with E-state index in [1.165, 1.54) is 18.6 Å². The molecular formula is C11H24S. The van der Waals surface area contributed by atoms with Crippen LogP contribution in [-0.4, -0.2) is 11.0 Å². The van der Waals surface area contributed by atoms with Crippen molar-refractivity contribution in [1.29, 1.82) is 0 Å². The Morgan fingerprint density at radius 2 is 1.50 bits per heavy atom. The van der Waals surface area contributed by atoms with Gasteiger partial charge in [0.1, 0.15) is 0 Å². The Bertz CT molecular complexity index is 85.2. The first-order valence-electron chi connectivity index (χ1n) is 5.14. The van der Waals surface area contributed by atoms with Crippen molar-refractivity contribution >= 4 is 11.8 Å². The second-order valence-electron chi connectivity index (χ2n) is 4.46. The van der Waals surface area contributed by atoms with Gasteiger partial charge < -0.3 is 0 Å². The summed E-state index contributed by atoms with van der Waals surface area (Å²) in [5.41, 5.74) is 0. The van der Waals surface area contributed by atoms with E-state index in [4.69, 9.17) is 0 Å². The third-order valence-corrected chi connectivity index (χ3v) is 3.38. The number of hydrogen-bond donors (Lipinski definition) is 0. The van der Waals surface area contributed by atoms with Crippen molar-refractivity contribution < 1.29 is 0 Å². The minimum atomic E-state index is 0.798. The third-order valence-electron chi connectivity index (χ3n) is 1.95. The zero-order valence-corrected chi connectivity index (χ0v) is 10.1. The monoisotopic (exact) mass is 188 g/mol. The quantitative estimate of drug-likeness (QED) is 0.602. The molecule has 0 heterocycles. The maximum atomic E-state index is 2.37. The molecule has 1 heteroatoms. The molecule has 0 spiro atoms. The Morgan fingerprint density at radius 1 is 0.917 bits per heavy atom. The van der Waals surface area contributed by atoms with E-state index >= 15 is 0 Å². The molecule has 0 aliphatic rings. The highest BCUT2D eigenvalue weighted by Gasteiger charge is 2.04. The molecule has 0 aromatic rings. The van der Waals surface area contributed by atoms with E-state index in [0.717, 1.165) is 17.1 Å². The Morgan fingerprint density at radius 3 is 1.92 bits per heavy atom. The van der Waals surface area contributed by atoms with Crippen LogP contribution in [0.15, 0.2) is 0 Å². The van der Waals surface area contributed by atoms with E-state index in [1.807, 2.05) is 0 Å². The van der Waals surface area contributed by atoms with Crippen molar-refractivity contribution in [3.63, 3.8) is 0 Å². The van der Waals surface area contributed by atoms with Gasteiger partial charge in [-0.2, -0.15) is 11.8 Å². The number of hydrogen-bond acceptors (Lipinski definition) is 1. The average Bonchev–Trinajstić information content (AvgIpc) is 1.96. The fourth-order valence-electron chi connectivity index (χ4n) is 1.06. The summed E-state index contributed by atoms with van der Waals surface area (Å²) in [5, 5.41) is 0.798. The molecule has 74 valence electrons. The van der Waals surface area contributed by atoms with E-state index in [1.54, 1.807) is 0 Å². The smallest absolute Gasteiger partial charge is 0.000958 e. The SMILES string of the molecule is CC(C)CC[C@H](C)CSC(C)C. The fourth-order valence-corrected chi connectivity index (χ4v) is 1.94. The molecule has 0 amide bonds. The van der Waals surface area contributed by atoms with Crippen LogP contribution in [0.2, 0.25) is 0 Å². The molecule has 0 saturated heterocycles. The molecule has 0 fully saturated rings. The summed E-state index contributed by atoms with van der Waals surface area (Å²) in [5.74, 6) is 3.11. The standard InChI is InChI=1S/C11H24S/c1-9(2)6-7-11(5)8-12-10(3)4/h9-11H,6-8H2,1-5H3/t11-/m0/s1. The fraction of sp³-hybridized carbons (Fsp3) is 1.00. The Balaban J connectivity index is 3.27. The number of rotatable bonds is 6. The summed E-state index contributed by atoms with van der Waals surface area (Å²) in [6.45, 7) is 11.5. The van der Waals surface area contributed by atoms with E-state index in [-0.39, 0.29) is 0 Å². The molecule has 12 heavy (non-hydrogen) atoms. The summed E-state index contributed by atoms with van der Waals surface area (Å²) < 4.78 is 0. The van der Waals surface area contributed by atoms with Crippen LogP contribution in [0.4, 0.5) is 0 Å². The van der Waals surface area contributed by atoms with Crippen LogP contribution in [-0.2, 0) is 0 Å². The van der Waals surface area contributed by atoms with Crippen LogP contribution in [0.25, 0.3) is 0 Å². The lowest BCUT2D eigenvalue weighted by atomic mass is 10.0. The number of thioether (sulfide) groups is 1. The second-order valence-corrected chi connectivity index (χ2v) is 6.07. The Kier molecular flexibility index (Phi) is 7.02. The van der Waals surface area contributed by atoms with Crippen molar-refractivity contribution in [3.05, 3.63) is 0 Å². The van der Waals surface area contributed by atoms with Crippen molar-refractivity contribution in [2.75, 3.05) is 5.75 Å². The average molecular weight is 188 g/mol. The van der Waals surface area contributed by atoms with Gasteiger partial charge in [0.25, 0.3) is 0 Å². The van der Waals surface area contributed by atoms with Gasteiger partial charge in [-0.1, -0.05) is 41.0 Å². The van der Waals surface area contributed by atoms with Crippen LogP contribution in [0.5, 0.6) is 0 Å². The molecule has 0 saturated carbocycles. The van der Waals surface area contributed by atoms with Crippen molar-refractivity contribution in [2.24, 2.45) is 11.8 Å². The van der Waals surface area contributed by atoms with Crippen LogP contribution in [0.1, 0.15) is 47.5 Å². The summed E-state index contributed by atoms with van der Waals surface area (Å²) in [4.78, 5) is 0. The second kappa shape index (κ2) is 6.82. The highest BCUT2D eigenvalue weighted by atomic mass is 32.2. The van der Waals surface area contributed by atoms with Crippen molar-refractivity contribution in [3.8, 4) is 0 Å². The molecule has 0 aliphatic heterocycles. The highest BCUT2D eigenvalue weighted by Crippen LogP contribution is 2.19. The van der Waals surface area contributed by atoms with Gasteiger partial charge in [0, 0.05) is 0 Å². The lowest BCUT2D eigenvalue weighted by Crippen LogP contribution is -2.03. The van der Waals surface area contributed by atoms with E-state index < -0.39 is 0 Å². The summed E-state index contributed by atoms with van der Waals surface area (Å²) in [7, 11) is 0. The Labute approximate surface area is 82.5 Å². The normalized spacial score (nSPS) is 14.2. The summed E-state index contributed by atoms with van der Waals surface area (Å²) in [6, 6.07) is 0. The first-order valence-corrected chi connectivity index (χ1v) is 6.18. The van der Waals surface area contributed by atoms with Gasteiger partial charge in [0.05, 0.1) is 0 Å². The molecule has 0 rings (SSSR count). The molecule has 0 radical (unpaired) electrons. The minimum absolute atomic E-state index is 0.798. The molecule has 0 unspecified atom stereocenters. The van der Waals surface area contributed by atoms with E-state index in [9.17, 15) is 0 Å². The van der Waals surface area contributed by atoms with Gasteiger partial charge in [-0.05, 0) is 29.3 Å². The first kappa shape index (κ1) is 12.3. The van der Waals surface area contributed by atoms with E-state index in [2.05, 4.69) is 46.4 Å². The van der Waals surface area contributed by atoms with Gasteiger partial charge >= 0.3 is 0 Å². The maximum absolute atomic E-state index is 2.37. The van der Waals surface area contributed by atoms with Crippen molar-refractivity contribution in [1.82, 2.24) is 0 Å². The van der Waals surface area contributed by atoms with Crippen LogP contribution < -0.4 is 0 Å². The topological polar surface area (TPSA) is 0 Å². The van der Waals surface area contributed by atoms with Gasteiger partial charge in [-0.15, -0.1) is 0 Å². The van der Waals surface area contributed by atoms with Gasteiger partial charge in [-0.3, -0.25) is 0 Å². The summed E-state index contributed by atoms with van der Waals surface area (Å²) >= 11 is 2.09. The lowest BCUT2D eigenvalue weighted by Gasteiger charge is -2.13. The predicted octanol–water partition coefficient (Wildman–Crippen LogP) is 4.20. The molecule has 0 aromatic carbocycles. The molecule has 0 N–H and O–H groups in total. The summed E-state index contributed by atoms with van der Waals surface area (Å²) in [6.07, 6.45) is 2.79. The third kappa shape index (κ3) is 8.45. The molecule has 0 bridgehead atoms. The maximum Gasteiger partial charge on any atom is -0.000958 e.